The molecule has 3 aromatic rings. The fraction of sp³-hybridized carbons (Fsp3) is 0.200. The van der Waals surface area contributed by atoms with E-state index in [1.807, 2.05) is 13.8 Å². The van der Waals surface area contributed by atoms with E-state index in [-0.39, 0.29) is 17.9 Å². The minimum atomic E-state index is -0.738. The minimum absolute atomic E-state index is 0.0545. The third-order valence-electron chi connectivity index (χ3n) is 5.41. The van der Waals surface area contributed by atoms with Gasteiger partial charge < -0.3 is 14.7 Å². The number of Topliss-reactive ketones (excluding diaryl/α,β-unsaturated/α-hetero) is 1. The number of rotatable bonds is 6. The van der Waals surface area contributed by atoms with Crippen LogP contribution in [0, 0.1) is 6.92 Å². The van der Waals surface area contributed by atoms with Crippen molar-refractivity contribution >= 4 is 17.4 Å². The van der Waals surface area contributed by atoms with Gasteiger partial charge in [0.2, 0.25) is 0 Å². The summed E-state index contributed by atoms with van der Waals surface area (Å²) in [5, 5.41) is 11.2. The van der Waals surface area contributed by atoms with E-state index in [1.54, 1.807) is 67.3 Å². The summed E-state index contributed by atoms with van der Waals surface area (Å²) in [6, 6.07) is 11.5. The molecule has 1 fully saturated rings. The summed E-state index contributed by atoms with van der Waals surface area (Å²) in [5.74, 6) is -0.890. The van der Waals surface area contributed by atoms with Crippen molar-refractivity contribution in [2.75, 3.05) is 6.61 Å². The van der Waals surface area contributed by atoms with Crippen LogP contribution in [0.1, 0.15) is 35.2 Å². The van der Waals surface area contributed by atoms with Crippen LogP contribution >= 0.6 is 0 Å². The van der Waals surface area contributed by atoms with E-state index >= 15 is 0 Å². The fourth-order valence-corrected chi connectivity index (χ4v) is 3.89. The topological polar surface area (TPSA) is 92.6 Å². The van der Waals surface area contributed by atoms with Gasteiger partial charge in [0, 0.05) is 36.9 Å². The second kappa shape index (κ2) is 9.01. The molecule has 4 rings (SSSR count). The van der Waals surface area contributed by atoms with E-state index in [0.717, 1.165) is 11.1 Å². The van der Waals surface area contributed by atoms with Gasteiger partial charge in [-0.25, -0.2) is 0 Å². The summed E-state index contributed by atoms with van der Waals surface area (Å²) in [6.07, 6.45) is 6.47. The number of pyridine rings is 2. The van der Waals surface area contributed by atoms with E-state index in [9.17, 15) is 14.7 Å². The number of hydrogen-bond acceptors (Lipinski definition) is 6. The first-order valence-corrected chi connectivity index (χ1v) is 10.3. The van der Waals surface area contributed by atoms with Crippen LogP contribution in [0.4, 0.5) is 0 Å². The summed E-state index contributed by atoms with van der Waals surface area (Å²) >= 11 is 0. The predicted octanol–water partition coefficient (Wildman–Crippen LogP) is 3.81. The lowest BCUT2D eigenvalue weighted by Gasteiger charge is -2.25. The van der Waals surface area contributed by atoms with E-state index in [2.05, 4.69) is 9.97 Å². The van der Waals surface area contributed by atoms with Crippen molar-refractivity contribution in [3.8, 4) is 5.75 Å². The van der Waals surface area contributed by atoms with Crippen molar-refractivity contribution in [3.63, 3.8) is 0 Å². The van der Waals surface area contributed by atoms with Crippen molar-refractivity contribution in [2.45, 2.75) is 26.4 Å². The lowest BCUT2D eigenvalue weighted by Crippen LogP contribution is -2.29. The maximum Gasteiger partial charge on any atom is 0.295 e. The van der Waals surface area contributed by atoms with Gasteiger partial charge in [0.05, 0.1) is 18.2 Å². The quantitative estimate of drug-likeness (QED) is 0.364. The Morgan fingerprint density at radius 2 is 1.69 bits per heavy atom. The molecule has 0 radical (unpaired) electrons. The summed E-state index contributed by atoms with van der Waals surface area (Å²) in [5.41, 5.74) is 2.85. The molecule has 1 aliphatic rings. The highest BCUT2D eigenvalue weighted by Crippen LogP contribution is 2.40. The average Bonchev–Trinajstić information content (AvgIpc) is 3.06. The third kappa shape index (κ3) is 3.97. The van der Waals surface area contributed by atoms with Gasteiger partial charge in [0.25, 0.3) is 11.7 Å². The average molecular weight is 429 g/mol. The molecule has 1 aliphatic heterocycles. The van der Waals surface area contributed by atoms with Crippen molar-refractivity contribution < 1.29 is 19.4 Å². The first-order valence-electron chi connectivity index (χ1n) is 10.3. The zero-order valence-electron chi connectivity index (χ0n) is 17.9. The smallest absolute Gasteiger partial charge is 0.295 e. The molecular weight excluding hydrogens is 406 g/mol. The number of aromatic nitrogens is 2. The van der Waals surface area contributed by atoms with Crippen molar-refractivity contribution in [1.82, 2.24) is 14.9 Å². The second-order valence-electron chi connectivity index (χ2n) is 7.48. The molecule has 7 nitrogen and oxygen atoms in total. The molecule has 2 aromatic heterocycles. The zero-order chi connectivity index (χ0) is 22.7. The van der Waals surface area contributed by atoms with Gasteiger partial charge in [0.15, 0.2) is 0 Å². The number of aryl methyl sites for hydroxylation is 1. The number of ketones is 1. The Morgan fingerprint density at radius 3 is 2.31 bits per heavy atom. The summed E-state index contributed by atoms with van der Waals surface area (Å²) in [7, 11) is 0. The number of likely N-dealkylation sites (tertiary alicyclic amines) is 1. The number of aliphatic hydroxyl groups excluding tert-OH is 1. The standard InChI is InChI=1S/C25H23N3O4/c1-3-32-20-5-4-19(14-16(20)2)23(29)21-22(18-8-12-27-13-9-18)28(25(31)24(21)30)15-17-6-10-26-11-7-17/h4-14,22,29H,3,15H2,1-2H3/b23-21-. The highest BCUT2D eigenvalue weighted by molar-refractivity contribution is 6.46. The van der Waals surface area contributed by atoms with Crippen molar-refractivity contribution in [1.29, 1.82) is 0 Å². The van der Waals surface area contributed by atoms with Gasteiger partial charge in [-0.3, -0.25) is 19.6 Å². The van der Waals surface area contributed by atoms with Crippen LogP contribution in [0.3, 0.4) is 0 Å². The monoisotopic (exact) mass is 429 g/mol. The number of nitrogens with zero attached hydrogens (tertiary/aromatic N) is 3. The maximum absolute atomic E-state index is 13.1. The van der Waals surface area contributed by atoms with Crippen LogP contribution < -0.4 is 4.74 Å². The lowest BCUT2D eigenvalue weighted by atomic mass is 9.95. The molecule has 1 N–H and O–H groups in total. The number of hydrogen-bond donors (Lipinski definition) is 1. The number of benzene rings is 1. The predicted molar refractivity (Wildman–Crippen MR) is 119 cm³/mol. The van der Waals surface area contributed by atoms with Gasteiger partial charge in [-0.1, -0.05) is 0 Å². The van der Waals surface area contributed by atoms with Crippen LogP contribution in [0.5, 0.6) is 5.75 Å². The second-order valence-corrected chi connectivity index (χ2v) is 7.48. The van der Waals surface area contributed by atoms with Crippen LogP contribution in [-0.4, -0.2) is 38.3 Å². The minimum Gasteiger partial charge on any atom is -0.507 e. The van der Waals surface area contributed by atoms with Crippen LogP contribution in [0.25, 0.3) is 5.76 Å². The molecule has 0 saturated carbocycles. The maximum atomic E-state index is 13.1. The van der Waals surface area contributed by atoms with Crippen molar-refractivity contribution in [3.05, 3.63) is 95.1 Å². The Kier molecular flexibility index (Phi) is 5.98. The van der Waals surface area contributed by atoms with E-state index in [4.69, 9.17) is 4.74 Å². The highest BCUT2D eigenvalue weighted by atomic mass is 16.5. The Balaban J connectivity index is 1.83. The molecule has 3 heterocycles. The first kappa shape index (κ1) is 21.2. The van der Waals surface area contributed by atoms with E-state index in [0.29, 0.717) is 23.5 Å². The molecule has 1 atom stereocenters. The fourth-order valence-electron chi connectivity index (χ4n) is 3.89. The SMILES string of the molecule is CCOc1ccc(/C(O)=C2/C(=O)C(=O)N(Cc3ccncc3)C2c2ccncc2)cc1C. The number of aliphatic hydroxyl groups is 1. The molecule has 1 amide bonds. The largest absolute Gasteiger partial charge is 0.507 e. The van der Waals surface area contributed by atoms with E-state index in [1.165, 1.54) is 4.90 Å². The summed E-state index contributed by atoms with van der Waals surface area (Å²) in [4.78, 5) is 35.6. The molecule has 162 valence electrons. The summed E-state index contributed by atoms with van der Waals surface area (Å²) < 4.78 is 5.57. The number of carbonyl (C=O) groups is 2. The molecule has 1 aromatic carbocycles. The van der Waals surface area contributed by atoms with Crippen molar-refractivity contribution in [2.24, 2.45) is 0 Å². The zero-order valence-corrected chi connectivity index (χ0v) is 17.9. The van der Waals surface area contributed by atoms with Crippen LogP contribution in [0.15, 0.2) is 72.8 Å². The first-order chi connectivity index (χ1) is 15.5. The Bertz CT molecular complexity index is 1180. The van der Waals surface area contributed by atoms with Gasteiger partial charge in [-0.05, 0) is 73.0 Å². The molecule has 7 heteroatoms. The Hall–Kier alpha value is -4.00. The van der Waals surface area contributed by atoms with Gasteiger partial charge >= 0.3 is 0 Å². The molecule has 32 heavy (non-hydrogen) atoms. The van der Waals surface area contributed by atoms with Crippen LogP contribution in [0.2, 0.25) is 0 Å². The number of carbonyl (C=O) groups excluding carboxylic acids is 2. The number of amides is 1. The molecule has 0 aliphatic carbocycles. The normalized spacial score (nSPS) is 17.6. The van der Waals surface area contributed by atoms with Gasteiger partial charge in [-0.2, -0.15) is 0 Å². The van der Waals surface area contributed by atoms with E-state index < -0.39 is 17.7 Å². The van der Waals surface area contributed by atoms with Gasteiger partial charge in [0.1, 0.15) is 11.5 Å². The molecular formula is C25H23N3O4. The summed E-state index contributed by atoms with van der Waals surface area (Å²) in [6.45, 7) is 4.49. The Morgan fingerprint density at radius 1 is 1.03 bits per heavy atom. The van der Waals surface area contributed by atoms with Crippen LogP contribution in [-0.2, 0) is 16.1 Å². The number of ether oxygens (including phenoxy) is 1. The highest BCUT2D eigenvalue weighted by Gasteiger charge is 2.46. The molecule has 0 bridgehead atoms. The molecule has 1 saturated heterocycles. The van der Waals surface area contributed by atoms with Gasteiger partial charge in [-0.15, -0.1) is 0 Å². The lowest BCUT2D eigenvalue weighted by molar-refractivity contribution is -0.140. The molecule has 1 unspecified atom stereocenters. The molecule has 0 spiro atoms. The Labute approximate surface area is 186 Å². The third-order valence-corrected chi connectivity index (χ3v) is 5.41.